The van der Waals surface area contributed by atoms with Crippen LogP contribution in [0.3, 0.4) is 0 Å². The van der Waals surface area contributed by atoms with Crippen LogP contribution in [0, 0.1) is 34.6 Å². The molecule has 4 aromatic rings. The number of aryl methyl sites for hydroxylation is 2. The molecule has 0 fully saturated rings. The van der Waals surface area contributed by atoms with Crippen LogP contribution in [0.25, 0.3) is 22.0 Å². The smallest absolute Gasteiger partial charge is 0.308 e. The van der Waals surface area contributed by atoms with Crippen molar-refractivity contribution >= 4 is 40.1 Å². The maximum Gasteiger partial charge on any atom is 0.308 e. The summed E-state index contributed by atoms with van der Waals surface area (Å²) in [7, 11) is 0. The number of rotatable bonds is 4. The zero-order valence-corrected chi connectivity index (χ0v) is 24.0. The lowest BCUT2D eigenvalue weighted by Crippen LogP contribution is -2.44. The molecule has 1 aliphatic rings. The minimum atomic E-state index is -1.19. The topological polar surface area (TPSA) is 77.5 Å². The number of nitrogens with one attached hydrogen (secondary N) is 1. The molecule has 1 atom stereocenters. The van der Waals surface area contributed by atoms with Crippen LogP contribution in [0.1, 0.15) is 47.2 Å². The van der Waals surface area contributed by atoms with Crippen molar-refractivity contribution in [2.24, 2.45) is 0 Å². The lowest BCUT2D eigenvalue weighted by atomic mass is 9.91. The lowest BCUT2D eigenvalue weighted by molar-refractivity contribution is -0.132. The van der Waals surface area contributed by atoms with Gasteiger partial charge in [-0.3, -0.25) is 14.6 Å². The average Bonchev–Trinajstić information content (AvgIpc) is 3.25. The van der Waals surface area contributed by atoms with Crippen molar-refractivity contribution < 1.29 is 19.1 Å². The number of amides is 1. The van der Waals surface area contributed by atoms with Crippen molar-refractivity contribution in [2.45, 2.75) is 60.5 Å². The van der Waals surface area contributed by atoms with Gasteiger partial charge in [0.05, 0.1) is 17.4 Å². The number of hydrogen-bond donors (Lipinski definition) is 1. The number of esters is 1. The predicted octanol–water partition coefficient (Wildman–Crippen LogP) is 7.35. The van der Waals surface area contributed by atoms with Gasteiger partial charge in [0.25, 0.3) is 5.91 Å². The van der Waals surface area contributed by atoms with Crippen molar-refractivity contribution in [1.82, 2.24) is 4.98 Å². The summed E-state index contributed by atoms with van der Waals surface area (Å²) in [5.41, 5.74) is 7.29. The van der Waals surface area contributed by atoms with E-state index >= 15 is 0 Å². The van der Waals surface area contributed by atoms with E-state index in [-0.39, 0.29) is 11.9 Å². The number of benzene rings is 3. The summed E-state index contributed by atoms with van der Waals surface area (Å²) in [5, 5.41) is 4.60. The van der Waals surface area contributed by atoms with E-state index in [1.165, 1.54) is 6.92 Å². The van der Waals surface area contributed by atoms with E-state index in [0.29, 0.717) is 28.6 Å². The number of pyridine rings is 1. The van der Waals surface area contributed by atoms with E-state index in [1.54, 1.807) is 13.1 Å². The van der Waals surface area contributed by atoms with Gasteiger partial charge in [-0.2, -0.15) is 0 Å². The minimum Gasteiger partial charge on any atom is -0.477 e. The molecule has 2 heterocycles. The summed E-state index contributed by atoms with van der Waals surface area (Å²) in [6.07, 6.45) is 2.02. The van der Waals surface area contributed by atoms with Gasteiger partial charge in [0.1, 0.15) is 11.5 Å². The van der Waals surface area contributed by atoms with Gasteiger partial charge in [-0.05, 0) is 75.9 Å². The number of fused-ring (bicyclic) bond motifs is 2. The molecule has 6 nitrogen and oxygen atoms in total. The molecular weight excluding hydrogens is 512 g/mol. The second-order valence-corrected chi connectivity index (χ2v) is 11.0. The van der Waals surface area contributed by atoms with Gasteiger partial charge in [0.2, 0.25) is 0 Å². The largest absolute Gasteiger partial charge is 0.477 e. The Morgan fingerprint density at radius 3 is 2.46 bits per heavy atom. The molecule has 5 rings (SSSR count). The molecule has 1 N–H and O–H groups in total. The number of halogens is 1. The average molecular weight is 543 g/mol. The van der Waals surface area contributed by atoms with Crippen LogP contribution >= 0.6 is 11.6 Å². The van der Waals surface area contributed by atoms with Crippen LogP contribution in [-0.4, -0.2) is 22.5 Å². The highest BCUT2D eigenvalue weighted by atomic mass is 35.5. The highest BCUT2D eigenvalue weighted by Gasteiger charge is 2.44. The molecular formula is C32H31ClN2O4. The zero-order chi connectivity index (χ0) is 28.2. The van der Waals surface area contributed by atoms with Crippen LogP contribution in [0.5, 0.6) is 11.5 Å². The Balaban J connectivity index is 1.59. The molecule has 1 aromatic heterocycles. The van der Waals surface area contributed by atoms with Gasteiger partial charge in [-0.15, -0.1) is 0 Å². The maximum absolute atomic E-state index is 13.9. The van der Waals surface area contributed by atoms with Crippen molar-refractivity contribution in [3.8, 4) is 22.6 Å². The van der Waals surface area contributed by atoms with Crippen molar-refractivity contribution in [1.29, 1.82) is 0 Å². The van der Waals surface area contributed by atoms with E-state index in [9.17, 15) is 9.59 Å². The van der Waals surface area contributed by atoms with Gasteiger partial charge in [0.15, 0.2) is 5.60 Å². The molecule has 0 saturated carbocycles. The summed E-state index contributed by atoms with van der Waals surface area (Å²) >= 11 is 6.67. The third kappa shape index (κ3) is 4.53. The van der Waals surface area contributed by atoms with Crippen LogP contribution in [-0.2, 0) is 16.0 Å². The van der Waals surface area contributed by atoms with Crippen molar-refractivity contribution in [3.63, 3.8) is 0 Å². The number of hydrogen-bond acceptors (Lipinski definition) is 5. The van der Waals surface area contributed by atoms with Crippen LogP contribution in [0.4, 0.5) is 5.69 Å². The normalized spacial score (nSPS) is 16.1. The van der Waals surface area contributed by atoms with Gasteiger partial charge >= 0.3 is 5.97 Å². The Labute approximate surface area is 233 Å². The van der Waals surface area contributed by atoms with Crippen LogP contribution in [0.15, 0.2) is 42.6 Å². The molecule has 1 unspecified atom stereocenters. The number of nitrogens with zero attached hydrogens (tertiary/aromatic N) is 1. The Morgan fingerprint density at radius 2 is 1.77 bits per heavy atom. The quantitative estimate of drug-likeness (QED) is 0.215. The molecule has 200 valence electrons. The number of carbonyl (C=O) groups excluding carboxylic acids is 2. The lowest BCUT2D eigenvalue weighted by Gasteiger charge is -2.24. The summed E-state index contributed by atoms with van der Waals surface area (Å²) in [5.74, 6) is 0.495. The molecule has 1 amide bonds. The van der Waals surface area contributed by atoms with Gasteiger partial charge < -0.3 is 14.8 Å². The standard InChI is InChI=1S/C32H31ClN2O4/c1-16-12-17(2)28-23(13-16)27(22-10-8-9-11-25(22)33)26(15-34-28)35-31(37)32(7)14-24-20(5)29(38-21(6)36)18(3)19(4)30(24)39-32/h8-13,15H,14H2,1-7H3,(H,35,37). The number of carbonyl (C=O) groups is 2. The highest BCUT2D eigenvalue weighted by molar-refractivity contribution is 6.34. The molecule has 1 aliphatic heterocycles. The second kappa shape index (κ2) is 9.69. The third-order valence-corrected chi connectivity index (χ3v) is 7.91. The van der Waals surface area contributed by atoms with E-state index in [2.05, 4.69) is 17.4 Å². The first kappa shape index (κ1) is 26.7. The maximum atomic E-state index is 13.9. The predicted molar refractivity (Wildman–Crippen MR) is 155 cm³/mol. The summed E-state index contributed by atoms with van der Waals surface area (Å²) < 4.78 is 11.9. The molecule has 0 aliphatic carbocycles. The molecule has 0 bridgehead atoms. The first-order valence-electron chi connectivity index (χ1n) is 12.9. The van der Waals surface area contributed by atoms with Crippen LogP contribution in [0.2, 0.25) is 5.02 Å². The summed E-state index contributed by atoms with van der Waals surface area (Å²) in [6.45, 7) is 12.9. The fourth-order valence-electron chi connectivity index (χ4n) is 5.49. The number of aromatic nitrogens is 1. The van der Waals surface area contributed by atoms with E-state index in [0.717, 1.165) is 55.4 Å². The van der Waals surface area contributed by atoms with E-state index < -0.39 is 5.60 Å². The van der Waals surface area contributed by atoms with Gasteiger partial charge in [-0.1, -0.05) is 41.4 Å². The first-order chi connectivity index (χ1) is 18.4. The summed E-state index contributed by atoms with van der Waals surface area (Å²) in [6, 6.07) is 11.7. The second-order valence-electron chi connectivity index (χ2n) is 10.6. The highest BCUT2D eigenvalue weighted by Crippen LogP contribution is 2.46. The SMILES string of the molecule is CC(=O)Oc1c(C)c(C)c2c(c1C)CC(C)(C(=O)Nc1cnc3c(C)cc(C)cc3c1-c1ccccc1Cl)O2. The number of ether oxygens (including phenoxy) is 2. The monoisotopic (exact) mass is 542 g/mol. The molecule has 0 radical (unpaired) electrons. The zero-order valence-electron chi connectivity index (χ0n) is 23.2. The van der Waals surface area contributed by atoms with E-state index in [1.807, 2.05) is 58.9 Å². The minimum absolute atomic E-state index is 0.303. The molecule has 39 heavy (non-hydrogen) atoms. The molecule has 0 saturated heterocycles. The van der Waals surface area contributed by atoms with Crippen molar-refractivity contribution in [3.05, 3.63) is 81.0 Å². The third-order valence-electron chi connectivity index (χ3n) is 7.58. The fourth-order valence-corrected chi connectivity index (χ4v) is 5.72. The Hall–Kier alpha value is -3.90. The Morgan fingerprint density at radius 1 is 1.05 bits per heavy atom. The van der Waals surface area contributed by atoms with Crippen molar-refractivity contribution in [2.75, 3.05) is 5.32 Å². The molecule has 3 aromatic carbocycles. The van der Waals surface area contributed by atoms with Crippen LogP contribution < -0.4 is 14.8 Å². The van der Waals surface area contributed by atoms with E-state index in [4.69, 9.17) is 26.1 Å². The molecule has 0 spiro atoms. The fraction of sp³-hybridized carbons (Fsp3) is 0.281. The van der Waals surface area contributed by atoms with Gasteiger partial charge in [-0.25, -0.2) is 0 Å². The molecule has 7 heteroatoms. The van der Waals surface area contributed by atoms with Gasteiger partial charge in [0, 0.05) is 40.4 Å². The summed E-state index contributed by atoms with van der Waals surface area (Å²) in [4.78, 5) is 30.4. The number of anilines is 1. The Bertz CT molecular complexity index is 1690. The first-order valence-corrected chi connectivity index (χ1v) is 13.3. The Kier molecular flexibility index (Phi) is 6.63.